The number of aromatic nitrogens is 1. The van der Waals surface area contributed by atoms with Gasteiger partial charge in [0, 0.05) is 23.6 Å². The summed E-state index contributed by atoms with van der Waals surface area (Å²) in [6.07, 6.45) is 5.39. The molecule has 0 aliphatic carbocycles. The second-order valence-corrected chi connectivity index (χ2v) is 8.84. The first-order valence-corrected chi connectivity index (χ1v) is 11.8. The van der Waals surface area contributed by atoms with E-state index in [9.17, 15) is 13.2 Å². The molecule has 32 heavy (non-hydrogen) atoms. The molecule has 0 aliphatic heterocycles. The Morgan fingerprint density at radius 2 is 1.72 bits per heavy atom. The zero-order valence-corrected chi connectivity index (χ0v) is 18.5. The van der Waals surface area contributed by atoms with Crippen LogP contribution in [0.3, 0.4) is 0 Å². The van der Waals surface area contributed by atoms with Gasteiger partial charge in [-0.2, -0.15) is 0 Å². The summed E-state index contributed by atoms with van der Waals surface area (Å²) in [5, 5.41) is 2.74. The molecular formula is C24H25N3O4S. The van der Waals surface area contributed by atoms with Crippen LogP contribution >= 0.6 is 0 Å². The van der Waals surface area contributed by atoms with Crippen molar-refractivity contribution >= 4 is 33.4 Å². The second kappa shape index (κ2) is 11.1. The fraction of sp³-hybridized carbons (Fsp3) is 0.167. The topological polar surface area (TPSA) is 97.4 Å². The Morgan fingerprint density at radius 1 is 1.00 bits per heavy atom. The lowest BCUT2D eigenvalue weighted by molar-refractivity contribution is -0.111. The fourth-order valence-electron chi connectivity index (χ4n) is 2.79. The van der Waals surface area contributed by atoms with Gasteiger partial charge in [-0.15, -0.1) is 0 Å². The monoisotopic (exact) mass is 451 g/mol. The van der Waals surface area contributed by atoms with Crippen molar-refractivity contribution in [2.24, 2.45) is 0 Å². The minimum Gasteiger partial charge on any atom is -0.487 e. The Bertz CT molecular complexity index is 1140. The number of carbonyl (C=O) groups excluding carboxylic acids is 1. The molecule has 0 saturated carbocycles. The Morgan fingerprint density at radius 3 is 2.38 bits per heavy atom. The number of nitrogens with one attached hydrogen (secondary N) is 2. The number of nitrogens with zero attached hydrogens (tertiary/aromatic N) is 1. The lowest BCUT2D eigenvalue weighted by Gasteiger charge is -2.08. The maximum absolute atomic E-state index is 12.2. The van der Waals surface area contributed by atoms with Gasteiger partial charge in [-0.25, -0.2) is 8.42 Å². The molecule has 1 amide bonds. The maximum atomic E-state index is 12.2. The predicted octanol–water partition coefficient (Wildman–Crippen LogP) is 4.46. The highest BCUT2D eigenvalue weighted by Gasteiger charge is 2.08. The highest BCUT2D eigenvalue weighted by atomic mass is 32.2. The molecule has 166 valence electrons. The number of anilines is 2. The Labute approximate surface area is 188 Å². The van der Waals surface area contributed by atoms with Gasteiger partial charge in [-0.05, 0) is 66.6 Å². The Hall–Kier alpha value is -3.65. The van der Waals surface area contributed by atoms with Crippen molar-refractivity contribution in [1.29, 1.82) is 0 Å². The summed E-state index contributed by atoms with van der Waals surface area (Å²) in [6.45, 7) is 2.19. The van der Waals surface area contributed by atoms with Crippen LogP contribution in [-0.2, 0) is 21.4 Å². The number of pyridine rings is 1. The summed E-state index contributed by atoms with van der Waals surface area (Å²) in [5.74, 6) is 0.486. The minimum absolute atomic E-state index is 0.0631. The second-order valence-electron chi connectivity index (χ2n) is 7.00. The number of amides is 1. The molecule has 3 aromatic rings. The van der Waals surface area contributed by atoms with E-state index >= 15 is 0 Å². The van der Waals surface area contributed by atoms with E-state index < -0.39 is 10.0 Å². The zero-order chi connectivity index (χ0) is 22.8. The smallest absolute Gasteiger partial charge is 0.248 e. The van der Waals surface area contributed by atoms with Gasteiger partial charge in [0.2, 0.25) is 15.9 Å². The van der Waals surface area contributed by atoms with Crippen LogP contribution < -0.4 is 14.8 Å². The van der Waals surface area contributed by atoms with Crippen LogP contribution in [0.5, 0.6) is 5.75 Å². The first-order chi connectivity index (χ1) is 15.4. The SMILES string of the molecule is CCCS(=O)(=O)Nc1ccc(NC(=O)/C=C/c2ccc(OCc3ccccn3)cc2)cc1. The third kappa shape index (κ3) is 7.55. The van der Waals surface area contributed by atoms with Crippen molar-refractivity contribution in [1.82, 2.24) is 4.98 Å². The lowest BCUT2D eigenvalue weighted by Crippen LogP contribution is -2.16. The van der Waals surface area contributed by atoms with Gasteiger partial charge in [0.15, 0.2) is 0 Å². The molecule has 0 radical (unpaired) electrons. The molecule has 0 spiro atoms. The highest BCUT2D eigenvalue weighted by molar-refractivity contribution is 7.92. The summed E-state index contributed by atoms with van der Waals surface area (Å²) >= 11 is 0. The third-order valence-electron chi connectivity index (χ3n) is 4.32. The summed E-state index contributed by atoms with van der Waals surface area (Å²) in [5.41, 5.74) is 2.72. The van der Waals surface area contributed by atoms with Crippen molar-refractivity contribution in [2.45, 2.75) is 20.0 Å². The fourth-order valence-corrected chi connectivity index (χ4v) is 3.93. The van der Waals surface area contributed by atoms with Crippen LogP contribution in [0.25, 0.3) is 6.08 Å². The van der Waals surface area contributed by atoms with Gasteiger partial charge >= 0.3 is 0 Å². The molecule has 3 rings (SSSR count). The Balaban J connectivity index is 1.49. The van der Waals surface area contributed by atoms with Crippen molar-refractivity contribution in [3.05, 3.63) is 90.3 Å². The van der Waals surface area contributed by atoms with Crippen LogP contribution in [0.1, 0.15) is 24.6 Å². The average molecular weight is 452 g/mol. The van der Waals surface area contributed by atoms with Gasteiger partial charge in [-0.3, -0.25) is 14.5 Å². The van der Waals surface area contributed by atoms with Crippen molar-refractivity contribution < 1.29 is 17.9 Å². The van der Waals surface area contributed by atoms with E-state index in [1.54, 1.807) is 43.5 Å². The number of hydrogen-bond donors (Lipinski definition) is 2. The summed E-state index contributed by atoms with van der Waals surface area (Å²) < 4.78 is 31.8. The molecule has 2 N–H and O–H groups in total. The number of ether oxygens (including phenoxy) is 1. The van der Waals surface area contributed by atoms with Gasteiger partial charge in [0.25, 0.3) is 0 Å². The molecule has 8 heteroatoms. The van der Waals surface area contributed by atoms with E-state index in [4.69, 9.17) is 4.74 Å². The molecule has 0 fully saturated rings. The molecule has 0 bridgehead atoms. The highest BCUT2D eigenvalue weighted by Crippen LogP contribution is 2.17. The van der Waals surface area contributed by atoms with Gasteiger partial charge in [-0.1, -0.05) is 25.1 Å². The first kappa shape index (κ1) is 23.0. The van der Waals surface area contributed by atoms with E-state index in [1.807, 2.05) is 42.5 Å². The molecular weight excluding hydrogens is 426 g/mol. The molecule has 0 saturated heterocycles. The average Bonchev–Trinajstić information content (AvgIpc) is 2.79. The minimum atomic E-state index is -3.34. The third-order valence-corrected chi connectivity index (χ3v) is 5.81. The molecule has 0 aliphatic rings. The quantitative estimate of drug-likeness (QED) is 0.444. The van der Waals surface area contributed by atoms with Crippen LogP contribution in [0.4, 0.5) is 11.4 Å². The van der Waals surface area contributed by atoms with Crippen LogP contribution in [0, 0.1) is 0 Å². The summed E-state index contributed by atoms with van der Waals surface area (Å²) in [6, 6.07) is 19.5. The van der Waals surface area contributed by atoms with Gasteiger partial charge < -0.3 is 10.1 Å². The standard InChI is InChI=1S/C24H25N3O4S/c1-2-17-32(29,30)27-21-11-9-20(10-12-21)26-24(28)15-8-19-6-13-23(14-7-19)31-18-22-5-3-4-16-25-22/h3-16,27H,2,17-18H2,1H3,(H,26,28)/b15-8+. The van der Waals surface area contributed by atoms with Gasteiger partial charge in [0.05, 0.1) is 11.4 Å². The van der Waals surface area contributed by atoms with Crippen LogP contribution in [0.2, 0.25) is 0 Å². The Kier molecular flexibility index (Phi) is 7.99. The van der Waals surface area contributed by atoms with Crippen molar-refractivity contribution in [2.75, 3.05) is 15.8 Å². The summed E-state index contributed by atoms with van der Waals surface area (Å²) in [4.78, 5) is 16.4. The zero-order valence-electron chi connectivity index (χ0n) is 17.7. The van der Waals surface area contributed by atoms with Crippen LogP contribution in [-0.4, -0.2) is 25.1 Å². The maximum Gasteiger partial charge on any atom is 0.248 e. The molecule has 1 aromatic heterocycles. The van der Waals surface area contributed by atoms with E-state index in [1.165, 1.54) is 6.08 Å². The molecule has 7 nitrogen and oxygen atoms in total. The molecule has 0 atom stereocenters. The van der Waals surface area contributed by atoms with E-state index in [0.29, 0.717) is 30.2 Å². The number of hydrogen-bond acceptors (Lipinski definition) is 5. The largest absolute Gasteiger partial charge is 0.487 e. The van der Waals surface area contributed by atoms with Crippen LogP contribution in [0.15, 0.2) is 79.0 Å². The number of benzene rings is 2. The first-order valence-electron chi connectivity index (χ1n) is 10.2. The lowest BCUT2D eigenvalue weighted by atomic mass is 10.2. The van der Waals surface area contributed by atoms with E-state index in [-0.39, 0.29) is 11.7 Å². The van der Waals surface area contributed by atoms with Crippen molar-refractivity contribution in [3.8, 4) is 5.75 Å². The van der Waals surface area contributed by atoms with E-state index in [2.05, 4.69) is 15.0 Å². The number of sulfonamides is 1. The summed E-state index contributed by atoms with van der Waals surface area (Å²) in [7, 11) is -3.34. The predicted molar refractivity (Wildman–Crippen MR) is 127 cm³/mol. The molecule has 0 unspecified atom stereocenters. The molecule has 2 aromatic carbocycles. The van der Waals surface area contributed by atoms with Gasteiger partial charge in [0.1, 0.15) is 12.4 Å². The number of carbonyl (C=O) groups is 1. The normalized spacial score (nSPS) is 11.3. The number of rotatable bonds is 10. The molecule has 1 heterocycles. The van der Waals surface area contributed by atoms with E-state index in [0.717, 1.165) is 11.3 Å². The van der Waals surface area contributed by atoms with Crippen molar-refractivity contribution in [3.63, 3.8) is 0 Å².